The molecule has 0 aromatic carbocycles. The standard InChI is InChI=1S/C8H10N4O/c9-8(13)12-4-7-6(11-5-12)2-1-3-10-7/h1-3,11H,4-5H2,(H2,9,13). The molecule has 0 saturated carbocycles. The highest BCUT2D eigenvalue weighted by Crippen LogP contribution is 2.18. The molecule has 1 aromatic rings. The van der Waals surface area contributed by atoms with Crippen LogP contribution in [0.1, 0.15) is 5.69 Å². The normalized spacial score (nSPS) is 14.6. The zero-order valence-corrected chi connectivity index (χ0v) is 7.03. The summed E-state index contributed by atoms with van der Waals surface area (Å²) in [4.78, 5) is 16.5. The lowest BCUT2D eigenvalue weighted by Gasteiger charge is -2.27. The molecule has 0 spiro atoms. The number of pyridine rings is 1. The summed E-state index contributed by atoms with van der Waals surface area (Å²) in [5, 5.41) is 3.06. The van der Waals surface area contributed by atoms with Crippen molar-refractivity contribution >= 4 is 11.7 Å². The van der Waals surface area contributed by atoms with E-state index in [4.69, 9.17) is 5.73 Å². The molecule has 1 aliphatic heterocycles. The highest BCUT2D eigenvalue weighted by Gasteiger charge is 2.18. The van der Waals surface area contributed by atoms with E-state index >= 15 is 0 Å². The van der Waals surface area contributed by atoms with E-state index in [2.05, 4.69) is 10.3 Å². The largest absolute Gasteiger partial charge is 0.366 e. The number of hydrogen-bond donors (Lipinski definition) is 2. The van der Waals surface area contributed by atoms with Crippen LogP contribution in [0.2, 0.25) is 0 Å². The number of urea groups is 1. The summed E-state index contributed by atoms with van der Waals surface area (Å²) in [6, 6.07) is 3.36. The Labute approximate surface area is 75.6 Å². The van der Waals surface area contributed by atoms with E-state index in [-0.39, 0.29) is 0 Å². The monoisotopic (exact) mass is 178 g/mol. The van der Waals surface area contributed by atoms with Crippen molar-refractivity contribution in [3.05, 3.63) is 24.0 Å². The van der Waals surface area contributed by atoms with Gasteiger partial charge in [0.2, 0.25) is 0 Å². The average Bonchev–Trinajstić information content (AvgIpc) is 2.17. The van der Waals surface area contributed by atoms with Crippen LogP contribution in [0.3, 0.4) is 0 Å². The average molecular weight is 178 g/mol. The molecule has 0 atom stereocenters. The molecule has 0 bridgehead atoms. The molecule has 5 heteroatoms. The Hall–Kier alpha value is -1.78. The number of nitrogens with two attached hydrogens (primary N) is 1. The van der Waals surface area contributed by atoms with Crippen LogP contribution < -0.4 is 11.1 Å². The van der Waals surface area contributed by atoms with E-state index in [1.165, 1.54) is 4.90 Å². The van der Waals surface area contributed by atoms with E-state index in [0.29, 0.717) is 13.2 Å². The number of hydrogen-bond acceptors (Lipinski definition) is 3. The van der Waals surface area contributed by atoms with E-state index in [0.717, 1.165) is 11.4 Å². The summed E-state index contributed by atoms with van der Waals surface area (Å²) in [5.74, 6) is 0. The molecule has 0 radical (unpaired) electrons. The van der Waals surface area contributed by atoms with Gasteiger partial charge in [0, 0.05) is 6.20 Å². The smallest absolute Gasteiger partial charge is 0.316 e. The first kappa shape index (κ1) is 7.85. The molecule has 0 saturated heterocycles. The van der Waals surface area contributed by atoms with Gasteiger partial charge in [0.25, 0.3) is 0 Å². The van der Waals surface area contributed by atoms with Gasteiger partial charge in [-0.3, -0.25) is 4.98 Å². The minimum atomic E-state index is -0.427. The molecule has 1 aliphatic rings. The molecule has 2 heterocycles. The summed E-state index contributed by atoms with van der Waals surface area (Å²) >= 11 is 0. The van der Waals surface area contributed by atoms with Gasteiger partial charge in [-0.05, 0) is 12.1 Å². The van der Waals surface area contributed by atoms with Gasteiger partial charge < -0.3 is 16.0 Å². The predicted octanol–water partition coefficient (Wildman–Crippen LogP) is 0.345. The van der Waals surface area contributed by atoms with Crippen molar-refractivity contribution in [2.45, 2.75) is 6.54 Å². The number of aromatic nitrogens is 1. The topological polar surface area (TPSA) is 71.2 Å². The number of rotatable bonds is 0. The second-order valence-corrected chi connectivity index (χ2v) is 2.87. The number of nitrogens with zero attached hydrogens (tertiary/aromatic N) is 2. The van der Waals surface area contributed by atoms with Gasteiger partial charge in [0.1, 0.15) is 0 Å². The molecular formula is C8H10N4O. The minimum Gasteiger partial charge on any atom is -0.366 e. The predicted molar refractivity (Wildman–Crippen MR) is 47.9 cm³/mol. The molecule has 1 aromatic heterocycles. The van der Waals surface area contributed by atoms with Gasteiger partial charge in [0.05, 0.1) is 24.6 Å². The molecule has 68 valence electrons. The van der Waals surface area contributed by atoms with Crippen LogP contribution in [-0.2, 0) is 6.54 Å². The van der Waals surface area contributed by atoms with Crippen molar-refractivity contribution in [3.63, 3.8) is 0 Å². The first-order valence-corrected chi connectivity index (χ1v) is 3.99. The fourth-order valence-electron chi connectivity index (χ4n) is 1.30. The molecular weight excluding hydrogens is 168 g/mol. The summed E-state index contributed by atoms with van der Waals surface area (Å²) in [5.41, 5.74) is 6.97. The van der Waals surface area contributed by atoms with Crippen LogP contribution in [0.5, 0.6) is 0 Å². The maximum atomic E-state index is 10.8. The Balaban J connectivity index is 2.24. The third-order valence-corrected chi connectivity index (χ3v) is 2.00. The van der Waals surface area contributed by atoms with Crippen molar-refractivity contribution in [2.24, 2.45) is 5.73 Å². The summed E-state index contributed by atoms with van der Waals surface area (Å²) in [6.45, 7) is 0.937. The highest BCUT2D eigenvalue weighted by molar-refractivity contribution is 5.73. The fraction of sp³-hybridized carbons (Fsp3) is 0.250. The zero-order valence-electron chi connectivity index (χ0n) is 7.03. The maximum Gasteiger partial charge on any atom is 0.316 e. The molecule has 5 nitrogen and oxygen atoms in total. The second-order valence-electron chi connectivity index (χ2n) is 2.87. The minimum absolute atomic E-state index is 0.427. The van der Waals surface area contributed by atoms with Crippen LogP contribution in [-0.4, -0.2) is 22.6 Å². The van der Waals surface area contributed by atoms with Gasteiger partial charge in [-0.2, -0.15) is 0 Å². The SMILES string of the molecule is NC(=O)N1CNc2cccnc2C1. The summed E-state index contributed by atoms with van der Waals surface area (Å²) in [7, 11) is 0. The van der Waals surface area contributed by atoms with Crippen LogP contribution in [0, 0.1) is 0 Å². The number of amides is 2. The van der Waals surface area contributed by atoms with Gasteiger partial charge in [-0.15, -0.1) is 0 Å². The first-order valence-electron chi connectivity index (χ1n) is 3.99. The first-order chi connectivity index (χ1) is 6.27. The molecule has 2 rings (SSSR count). The maximum absolute atomic E-state index is 10.8. The second kappa shape index (κ2) is 2.93. The zero-order chi connectivity index (χ0) is 9.26. The third-order valence-electron chi connectivity index (χ3n) is 2.00. The third kappa shape index (κ3) is 1.40. The number of nitrogens with one attached hydrogen (secondary N) is 1. The van der Waals surface area contributed by atoms with Crippen LogP contribution >= 0.6 is 0 Å². The van der Waals surface area contributed by atoms with Gasteiger partial charge in [-0.1, -0.05) is 0 Å². The number of fused-ring (bicyclic) bond motifs is 1. The summed E-state index contributed by atoms with van der Waals surface area (Å²) in [6.07, 6.45) is 1.70. The Bertz CT molecular complexity index is 339. The lowest BCUT2D eigenvalue weighted by Crippen LogP contribution is -2.41. The van der Waals surface area contributed by atoms with Crippen molar-refractivity contribution in [2.75, 3.05) is 12.0 Å². The van der Waals surface area contributed by atoms with Gasteiger partial charge in [0.15, 0.2) is 0 Å². The molecule has 0 unspecified atom stereocenters. The van der Waals surface area contributed by atoms with Crippen molar-refractivity contribution in [1.82, 2.24) is 9.88 Å². The lowest BCUT2D eigenvalue weighted by molar-refractivity contribution is 0.206. The van der Waals surface area contributed by atoms with Gasteiger partial charge in [-0.25, -0.2) is 4.79 Å². The van der Waals surface area contributed by atoms with Crippen molar-refractivity contribution < 1.29 is 4.79 Å². The highest BCUT2D eigenvalue weighted by atomic mass is 16.2. The number of primary amides is 1. The van der Waals surface area contributed by atoms with Crippen molar-refractivity contribution in [3.8, 4) is 0 Å². The molecule has 0 fully saturated rings. The van der Waals surface area contributed by atoms with E-state index in [9.17, 15) is 4.79 Å². The number of carbonyl (C=O) groups is 1. The van der Waals surface area contributed by atoms with E-state index in [1.54, 1.807) is 6.20 Å². The van der Waals surface area contributed by atoms with Gasteiger partial charge >= 0.3 is 6.03 Å². The molecule has 0 aliphatic carbocycles. The quantitative estimate of drug-likeness (QED) is 0.602. The Morgan fingerprint density at radius 1 is 1.69 bits per heavy atom. The lowest BCUT2D eigenvalue weighted by atomic mass is 10.2. The van der Waals surface area contributed by atoms with E-state index in [1.807, 2.05) is 12.1 Å². The Kier molecular flexibility index (Phi) is 1.77. The summed E-state index contributed by atoms with van der Waals surface area (Å²) < 4.78 is 0. The Morgan fingerprint density at radius 2 is 2.54 bits per heavy atom. The number of carbonyl (C=O) groups excluding carboxylic acids is 1. The molecule has 3 N–H and O–H groups in total. The fourth-order valence-corrected chi connectivity index (χ4v) is 1.30. The molecule has 2 amide bonds. The Morgan fingerprint density at radius 3 is 3.31 bits per heavy atom. The number of anilines is 1. The van der Waals surface area contributed by atoms with Crippen LogP contribution in [0.25, 0.3) is 0 Å². The molecule has 13 heavy (non-hydrogen) atoms. The van der Waals surface area contributed by atoms with Crippen molar-refractivity contribution in [1.29, 1.82) is 0 Å². The van der Waals surface area contributed by atoms with E-state index < -0.39 is 6.03 Å². The van der Waals surface area contributed by atoms with Crippen LogP contribution in [0.4, 0.5) is 10.5 Å². The van der Waals surface area contributed by atoms with Crippen LogP contribution in [0.15, 0.2) is 18.3 Å².